The molecule has 12 heteroatoms. The summed E-state index contributed by atoms with van der Waals surface area (Å²) in [4.78, 5) is 52.3. The number of aromatic amines is 1. The number of aliphatic carboxylic acids is 1. The van der Waals surface area contributed by atoms with Gasteiger partial charge >= 0.3 is 11.9 Å². The van der Waals surface area contributed by atoms with Gasteiger partial charge in [-0.2, -0.15) is 5.10 Å². The van der Waals surface area contributed by atoms with Gasteiger partial charge in [-0.25, -0.2) is 21.6 Å². The van der Waals surface area contributed by atoms with Crippen LogP contribution in [0.4, 0.5) is 17.2 Å². The van der Waals surface area contributed by atoms with Crippen molar-refractivity contribution in [1.29, 1.82) is 0 Å². The largest absolute Gasteiger partial charge is 0.481 e. The number of fused-ring (bicyclic) bond motifs is 1. The highest BCUT2D eigenvalue weighted by molar-refractivity contribution is 5.89. The zero-order valence-electron chi connectivity index (χ0n) is 21.5. The second kappa shape index (κ2) is 11.5. The molecule has 202 valence electrons. The number of amides is 1. The van der Waals surface area contributed by atoms with Crippen LogP contribution in [0.5, 0.6) is 0 Å². The Kier molecular flexibility index (Phi) is 7.67. The van der Waals surface area contributed by atoms with Gasteiger partial charge in [0.2, 0.25) is 0 Å². The lowest BCUT2D eigenvalue weighted by Crippen LogP contribution is -2.39. The van der Waals surface area contributed by atoms with E-state index in [0.29, 0.717) is 48.5 Å². The Morgan fingerprint density at radius 3 is 2.46 bits per heavy atom. The maximum Gasteiger partial charge on any atom is 0.303 e. The van der Waals surface area contributed by atoms with Crippen LogP contribution in [-0.4, -0.2) is 74.8 Å². The van der Waals surface area contributed by atoms with Gasteiger partial charge in [0.15, 0.2) is 0 Å². The van der Waals surface area contributed by atoms with Crippen molar-refractivity contribution in [3.63, 3.8) is 0 Å². The number of carboxylic acid groups (broad SMARTS) is 1. The Hall–Kier alpha value is -4.53. The van der Waals surface area contributed by atoms with Crippen LogP contribution in [-0.2, 0) is 9.59 Å². The predicted molar refractivity (Wildman–Crippen MR) is 145 cm³/mol. The van der Waals surface area contributed by atoms with E-state index in [1.165, 1.54) is 6.20 Å². The zero-order valence-corrected chi connectivity index (χ0v) is 21.5. The first-order valence-electron chi connectivity index (χ1n) is 13.1. The van der Waals surface area contributed by atoms with Gasteiger partial charge in [0.05, 0.1) is 6.20 Å². The Morgan fingerprint density at radius 1 is 1.08 bits per heavy atom. The molecule has 1 aromatic carbocycles. The molecule has 0 unspecified atom stereocenters. The molecule has 5 rings (SSSR count). The Labute approximate surface area is 224 Å². The molecule has 0 bridgehead atoms. The molecule has 4 heterocycles. The van der Waals surface area contributed by atoms with Crippen molar-refractivity contribution in [2.45, 2.75) is 38.0 Å². The van der Waals surface area contributed by atoms with E-state index >= 15 is 0 Å². The van der Waals surface area contributed by atoms with Crippen LogP contribution in [0.1, 0.15) is 43.8 Å². The number of rotatable bonds is 7. The molecule has 0 aliphatic carbocycles. The number of nitrogens with zero attached hydrogens (tertiary/aromatic N) is 6. The molecule has 0 saturated carbocycles. The molecule has 3 N–H and O–H groups in total. The van der Waals surface area contributed by atoms with Crippen molar-refractivity contribution in [2.24, 2.45) is 5.92 Å². The van der Waals surface area contributed by atoms with Crippen LogP contribution < -0.4 is 15.8 Å². The van der Waals surface area contributed by atoms with E-state index in [0.717, 1.165) is 37.3 Å². The molecule has 2 aliphatic heterocycles. The predicted octanol–water partition coefficient (Wildman–Crippen LogP) is 2.77. The summed E-state index contributed by atoms with van der Waals surface area (Å²) in [5.41, 5.74) is 1.88. The fourth-order valence-electron chi connectivity index (χ4n) is 5.38. The van der Waals surface area contributed by atoms with E-state index < -0.39 is 5.97 Å². The highest BCUT2D eigenvalue weighted by Gasteiger charge is 2.28. The second-order valence-electron chi connectivity index (χ2n) is 10.1. The summed E-state index contributed by atoms with van der Waals surface area (Å²) in [5, 5.41) is 19.0. The summed E-state index contributed by atoms with van der Waals surface area (Å²) in [7, 11) is 0. The highest BCUT2D eigenvalue weighted by atomic mass is 16.4. The van der Waals surface area contributed by atoms with Gasteiger partial charge < -0.3 is 25.1 Å². The lowest BCUT2D eigenvalue weighted by atomic mass is 9.93. The van der Waals surface area contributed by atoms with Gasteiger partial charge in [-0.3, -0.25) is 14.4 Å². The first-order valence-corrected chi connectivity index (χ1v) is 13.1. The second-order valence-corrected chi connectivity index (χ2v) is 10.1. The maximum absolute atomic E-state index is 12.7. The highest BCUT2D eigenvalue weighted by Crippen LogP contribution is 2.31. The van der Waals surface area contributed by atoms with Crippen LogP contribution in [0.25, 0.3) is 15.7 Å². The quantitative estimate of drug-likeness (QED) is 0.392. The number of benzene rings is 1. The lowest BCUT2D eigenvalue weighted by molar-refractivity contribution is -0.138. The Balaban J connectivity index is 1.32. The summed E-state index contributed by atoms with van der Waals surface area (Å²) >= 11 is 0. The smallest absolute Gasteiger partial charge is 0.303 e. The van der Waals surface area contributed by atoms with Crippen molar-refractivity contribution in [3.8, 4) is 0 Å². The number of carbonyl (C=O) groups is 2. The monoisotopic (exact) mass is 530 g/mol. The third kappa shape index (κ3) is 5.98. The van der Waals surface area contributed by atoms with Crippen molar-refractivity contribution in [3.05, 3.63) is 58.1 Å². The number of aromatic nitrogens is 4. The van der Waals surface area contributed by atoms with Gasteiger partial charge in [-0.15, -0.1) is 0 Å². The van der Waals surface area contributed by atoms with Crippen molar-refractivity contribution >= 4 is 40.0 Å². The van der Waals surface area contributed by atoms with E-state index in [9.17, 15) is 14.4 Å². The molecule has 3 aromatic rings. The fraction of sp³-hybridized carbons (Fsp3) is 0.444. The topological polar surface area (TPSA) is 149 Å². The summed E-state index contributed by atoms with van der Waals surface area (Å²) in [6, 6.07) is 7.88. The number of hydrogen-bond acceptors (Lipinski definition) is 8. The normalized spacial score (nSPS) is 16.7. The van der Waals surface area contributed by atoms with Gasteiger partial charge in [0.25, 0.3) is 12.1 Å². The molecule has 2 aromatic heterocycles. The van der Waals surface area contributed by atoms with Gasteiger partial charge in [0.1, 0.15) is 22.5 Å². The summed E-state index contributed by atoms with van der Waals surface area (Å²) < 4.78 is 0. The molecule has 2 aliphatic rings. The molecule has 2 saturated heterocycles. The van der Waals surface area contributed by atoms with Crippen molar-refractivity contribution < 1.29 is 14.7 Å². The number of anilines is 3. The molecule has 12 nitrogen and oxygen atoms in total. The number of H-pyrrole nitrogens is 1. The number of carbonyl (C=O) groups excluding carboxylic acids is 1. The van der Waals surface area contributed by atoms with Gasteiger partial charge in [0, 0.05) is 49.9 Å². The molecular weight excluding hydrogens is 500 g/mol. The van der Waals surface area contributed by atoms with Crippen LogP contribution in [0.2, 0.25) is 0 Å². The van der Waals surface area contributed by atoms with Gasteiger partial charge in [-0.05, 0) is 55.9 Å². The number of carboxylic acids is 1. The molecule has 0 radical (unpaired) electrons. The fourth-order valence-corrected chi connectivity index (χ4v) is 5.38. The Bertz CT molecular complexity index is 1450. The average Bonchev–Trinajstić information content (AvgIpc) is 2.94. The summed E-state index contributed by atoms with van der Waals surface area (Å²) in [6.07, 6.45) is 4.78. The summed E-state index contributed by atoms with van der Waals surface area (Å²) in [6.45, 7) is 9.48. The molecule has 1 amide bonds. The molecule has 39 heavy (non-hydrogen) atoms. The first kappa shape index (κ1) is 26.1. The van der Waals surface area contributed by atoms with Crippen molar-refractivity contribution in [1.82, 2.24) is 25.1 Å². The number of likely N-dealkylation sites (tertiary alicyclic amines) is 1. The number of hydrogen-bond donors (Lipinski definition) is 3. The van der Waals surface area contributed by atoms with Crippen LogP contribution in [0.15, 0.2) is 35.3 Å². The third-order valence-corrected chi connectivity index (χ3v) is 7.53. The summed E-state index contributed by atoms with van der Waals surface area (Å²) in [5.74, 6) is 0.324. The lowest BCUT2D eigenvalue weighted by Gasteiger charge is -2.33. The molecule has 0 atom stereocenters. The van der Waals surface area contributed by atoms with Gasteiger partial charge in [-0.1, -0.05) is 0 Å². The van der Waals surface area contributed by atoms with Crippen LogP contribution >= 0.6 is 0 Å². The van der Waals surface area contributed by atoms with E-state index in [-0.39, 0.29) is 36.3 Å². The third-order valence-electron chi connectivity index (χ3n) is 7.53. The minimum absolute atomic E-state index is 0.0117. The number of nitrogens with one attached hydrogen (secondary N) is 2. The minimum Gasteiger partial charge on any atom is -0.481 e. The van der Waals surface area contributed by atoms with E-state index in [1.807, 2.05) is 24.3 Å². The molecule has 0 spiro atoms. The van der Waals surface area contributed by atoms with Crippen LogP contribution in [0.3, 0.4) is 0 Å². The van der Waals surface area contributed by atoms with Crippen LogP contribution in [0, 0.1) is 12.5 Å². The maximum atomic E-state index is 12.7. The zero-order chi connectivity index (χ0) is 27.4. The molecule has 2 fully saturated rings. The molecular formula is C27H30N8O4. The van der Waals surface area contributed by atoms with E-state index in [4.69, 9.17) is 16.7 Å². The number of piperidine rings is 2. The minimum atomic E-state index is -0.740. The standard InChI is InChI=1S/C27H30N8O4/c1-28-16-22(36)35-12-8-18(9-13-35)25-31-21-15-29-33-27(39)24(21)26(32-25)30-19-2-4-20(5-3-19)34-10-6-17(7-11-34)14-23(37)38/h2-5,15,17-18H,6-14,16H2,(H,33,39)(H,37,38)(H,30,31,32). The average molecular weight is 531 g/mol. The first-order chi connectivity index (χ1) is 18.9. The van der Waals surface area contributed by atoms with E-state index in [1.54, 1.807) is 4.90 Å². The Morgan fingerprint density at radius 2 is 1.79 bits per heavy atom. The van der Waals surface area contributed by atoms with E-state index in [2.05, 4.69) is 30.2 Å². The van der Waals surface area contributed by atoms with Crippen molar-refractivity contribution in [2.75, 3.05) is 42.9 Å². The SMILES string of the molecule is [C-]#[N+]CC(=O)N1CCC(c2nc(Nc3ccc(N4CCC(CC(=O)O)CC4)cc3)c3c(=O)[nH]ncc3n2)CC1.